The Labute approximate surface area is 170 Å². The van der Waals surface area contributed by atoms with E-state index in [1.54, 1.807) is 36.5 Å². The van der Waals surface area contributed by atoms with Crippen molar-refractivity contribution in [2.75, 3.05) is 41.3 Å². The largest absolute Gasteiger partial charge is 0.368 e. The number of amides is 1. The van der Waals surface area contributed by atoms with Gasteiger partial charge in [-0.25, -0.2) is 4.98 Å². The summed E-state index contributed by atoms with van der Waals surface area (Å²) in [4.78, 5) is 21.7. The summed E-state index contributed by atoms with van der Waals surface area (Å²) in [7, 11) is 0. The Kier molecular flexibility index (Phi) is 5.39. The molecule has 4 rings (SSSR count). The third kappa shape index (κ3) is 4.36. The summed E-state index contributed by atoms with van der Waals surface area (Å²) >= 11 is 0. The standard InChI is InChI=1S/C23H21N5O/c24-17-18-5-4-6-20(15-18)26-23(29)19-9-10-25-22(16-19)28-13-11-27(12-14-28)21-7-2-1-3-8-21/h1-10,15-16H,11-14H2,(H,26,29). The number of nitriles is 1. The number of anilines is 3. The number of piperazine rings is 1. The first-order valence-corrected chi connectivity index (χ1v) is 9.55. The molecule has 1 aromatic heterocycles. The average Bonchev–Trinajstić information content (AvgIpc) is 2.80. The maximum Gasteiger partial charge on any atom is 0.255 e. The molecule has 6 nitrogen and oxygen atoms in total. The summed E-state index contributed by atoms with van der Waals surface area (Å²) in [6.07, 6.45) is 1.67. The lowest BCUT2D eigenvalue weighted by atomic mass is 10.2. The number of nitrogens with one attached hydrogen (secondary N) is 1. The second-order valence-electron chi connectivity index (χ2n) is 6.86. The number of carbonyl (C=O) groups excluding carboxylic acids is 1. The number of pyridine rings is 1. The van der Waals surface area contributed by atoms with Crippen molar-refractivity contribution in [3.8, 4) is 6.07 Å². The van der Waals surface area contributed by atoms with Gasteiger partial charge in [0.25, 0.3) is 5.91 Å². The summed E-state index contributed by atoms with van der Waals surface area (Å²) in [5, 5.41) is 11.9. The predicted molar refractivity (Wildman–Crippen MR) is 114 cm³/mol. The fraction of sp³-hybridized carbons (Fsp3) is 0.174. The molecule has 144 valence electrons. The van der Waals surface area contributed by atoms with Crippen LogP contribution >= 0.6 is 0 Å². The molecule has 0 radical (unpaired) electrons. The third-order valence-electron chi connectivity index (χ3n) is 4.98. The normalized spacial score (nSPS) is 13.6. The van der Waals surface area contributed by atoms with Crippen LogP contribution in [0.3, 0.4) is 0 Å². The molecule has 0 atom stereocenters. The minimum atomic E-state index is -0.216. The summed E-state index contributed by atoms with van der Waals surface area (Å²) in [5.74, 6) is 0.586. The van der Waals surface area contributed by atoms with E-state index >= 15 is 0 Å². The highest BCUT2D eigenvalue weighted by molar-refractivity contribution is 6.04. The minimum absolute atomic E-state index is 0.216. The lowest BCUT2D eigenvalue weighted by Gasteiger charge is -2.36. The molecule has 0 bridgehead atoms. The number of benzene rings is 2. The zero-order chi connectivity index (χ0) is 20.1. The molecule has 2 heterocycles. The monoisotopic (exact) mass is 383 g/mol. The average molecular weight is 383 g/mol. The van der Waals surface area contributed by atoms with Gasteiger partial charge in [-0.15, -0.1) is 0 Å². The molecule has 1 amide bonds. The Bertz CT molecular complexity index is 1040. The lowest BCUT2D eigenvalue weighted by molar-refractivity contribution is 0.102. The van der Waals surface area contributed by atoms with Crippen molar-refractivity contribution in [2.45, 2.75) is 0 Å². The molecule has 1 N–H and O–H groups in total. The summed E-state index contributed by atoms with van der Waals surface area (Å²) in [6, 6.07) is 22.9. The van der Waals surface area contributed by atoms with Crippen molar-refractivity contribution >= 4 is 23.1 Å². The first kappa shape index (κ1) is 18.5. The van der Waals surface area contributed by atoms with Gasteiger partial charge in [-0.05, 0) is 42.5 Å². The van der Waals surface area contributed by atoms with E-state index in [2.05, 4.69) is 50.4 Å². The summed E-state index contributed by atoms with van der Waals surface area (Å²) < 4.78 is 0. The molecule has 29 heavy (non-hydrogen) atoms. The molecule has 0 unspecified atom stereocenters. The molecule has 1 aliphatic rings. The Morgan fingerprint density at radius 2 is 1.69 bits per heavy atom. The van der Waals surface area contributed by atoms with Crippen molar-refractivity contribution in [1.29, 1.82) is 5.26 Å². The van der Waals surface area contributed by atoms with Gasteiger partial charge in [0, 0.05) is 49.3 Å². The highest BCUT2D eigenvalue weighted by Crippen LogP contribution is 2.20. The van der Waals surface area contributed by atoms with Gasteiger partial charge in [-0.2, -0.15) is 5.26 Å². The second-order valence-corrected chi connectivity index (χ2v) is 6.86. The first-order valence-electron chi connectivity index (χ1n) is 9.55. The zero-order valence-electron chi connectivity index (χ0n) is 16.0. The van der Waals surface area contributed by atoms with Crippen LogP contribution in [0.2, 0.25) is 0 Å². The van der Waals surface area contributed by atoms with E-state index in [1.807, 2.05) is 12.1 Å². The molecular formula is C23H21N5O. The number of nitrogens with zero attached hydrogens (tertiary/aromatic N) is 4. The fourth-order valence-corrected chi connectivity index (χ4v) is 3.43. The molecule has 0 aliphatic carbocycles. The van der Waals surface area contributed by atoms with Gasteiger partial charge in [0.1, 0.15) is 5.82 Å². The van der Waals surface area contributed by atoms with E-state index in [-0.39, 0.29) is 5.91 Å². The van der Waals surface area contributed by atoms with Crippen LogP contribution in [0.5, 0.6) is 0 Å². The molecule has 0 saturated carbocycles. The highest BCUT2D eigenvalue weighted by Gasteiger charge is 2.19. The Morgan fingerprint density at radius 3 is 2.45 bits per heavy atom. The fourth-order valence-electron chi connectivity index (χ4n) is 3.43. The van der Waals surface area contributed by atoms with Gasteiger partial charge in [0.15, 0.2) is 0 Å². The van der Waals surface area contributed by atoms with Crippen LogP contribution < -0.4 is 15.1 Å². The van der Waals surface area contributed by atoms with Crippen LogP contribution in [0, 0.1) is 11.3 Å². The van der Waals surface area contributed by atoms with Crippen molar-refractivity contribution in [3.05, 3.63) is 84.1 Å². The predicted octanol–water partition coefficient (Wildman–Crippen LogP) is 3.53. The number of aromatic nitrogens is 1. The van der Waals surface area contributed by atoms with E-state index in [0.717, 1.165) is 32.0 Å². The van der Waals surface area contributed by atoms with Gasteiger partial charge < -0.3 is 15.1 Å². The highest BCUT2D eigenvalue weighted by atomic mass is 16.1. The molecule has 1 aliphatic heterocycles. The van der Waals surface area contributed by atoms with Crippen LogP contribution in [0.4, 0.5) is 17.2 Å². The maximum atomic E-state index is 12.6. The topological polar surface area (TPSA) is 72.3 Å². The molecule has 1 fully saturated rings. The number of hydrogen-bond donors (Lipinski definition) is 1. The van der Waals surface area contributed by atoms with Crippen LogP contribution in [0.15, 0.2) is 72.9 Å². The van der Waals surface area contributed by atoms with E-state index in [4.69, 9.17) is 5.26 Å². The summed E-state index contributed by atoms with van der Waals surface area (Å²) in [6.45, 7) is 3.50. The number of para-hydroxylation sites is 1. The number of hydrogen-bond acceptors (Lipinski definition) is 5. The first-order chi connectivity index (χ1) is 14.2. The van der Waals surface area contributed by atoms with Crippen LogP contribution in [-0.4, -0.2) is 37.1 Å². The third-order valence-corrected chi connectivity index (χ3v) is 4.98. The van der Waals surface area contributed by atoms with Gasteiger partial charge in [0.05, 0.1) is 11.6 Å². The molecule has 6 heteroatoms. The lowest BCUT2D eigenvalue weighted by Crippen LogP contribution is -2.46. The van der Waals surface area contributed by atoms with Crippen molar-refractivity contribution < 1.29 is 4.79 Å². The van der Waals surface area contributed by atoms with Crippen LogP contribution in [0.1, 0.15) is 15.9 Å². The van der Waals surface area contributed by atoms with Gasteiger partial charge >= 0.3 is 0 Å². The zero-order valence-corrected chi connectivity index (χ0v) is 16.0. The molecule has 3 aromatic rings. The quantitative estimate of drug-likeness (QED) is 0.746. The van der Waals surface area contributed by atoms with Crippen molar-refractivity contribution in [3.63, 3.8) is 0 Å². The Hall–Kier alpha value is -3.85. The molecule has 2 aromatic carbocycles. The van der Waals surface area contributed by atoms with Crippen LogP contribution in [0.25, 0.3) is 0 Å². The van der Waals surface area contributed by atoms with E-state index < -0.39 is 0 Å². The van der Waals surface area contributed by atoms with E-state index in [1.165, 1.54) is 5.69 Å². The number of carbonyl (C=O) groups is 1. The Morgan fingerprint density at radius 1 is 0.931 bits per heavy atom. The molecule has 1 saturated heterocycles. The van der Waals surface area contributed by atoms with Gasteiger partial charge in [0.2, 0.25) is 0 Å². The van der Waals surface area contributed by atoms with Crippen molar-refractivity contribution in [2.24, 2.45) is 0 Å². The van der Waals surface area contributed by atoms with Gasteiger partial charge in [-0.1, -0.05) is 24.3 Å². The van der Waals surface area contributed by atoms with E-state index in [9.17, 15) is 4.79 Å². The van der Waals surface area contributed by atoms with E-state index in [0.29, 0.717) is 16.8 Å². The van der Waals surface area contributed by atoms with Crippen molar-refractivity contribution in [1.82, 2.24) is 4.98 Å². The minimum Gasteiger partial charge on any atom is -0.368 e. The second kappa shape index (κ2) is 8.44. The maximum absolute atomic E-state index is 12.6. The SMILES string of the molecule is N#Cc1cccc(NC(=O)c2ccnc(N3CCN(c4ccccc4)CC3)c2)c1. The van der Waals surface area contributed by atoms with Crippen LogP contribution in [-0.2, 0) is 0 Å². The number of rotatable bonds is 4. The van der Waals surface area contributed by atoms with Gasteiger partial charge in [-0.3, -0.25) is 4.79 Å². The smallest absolute Gasteiger partial charge is 0.255 e. The summed E-state index contributed by atoms with van der Waals surface area (Å²) in [5.41, 5.74) is 2.88. The molecular weight excluding hydrogens is 362 g/mol. The Balaban J connectivity index is 1.42. The molecule has 0 spiro atoms.